The molecule has 0 aliphatic heterocycles. The SMILES string of the molecule is C[CH]OCCC(C)=C(C)C. The van der Waals surface area contributed by atoms with Crippen LogP contribution in [0.25, 0.3) is 0 Å². The van der Waals surface area contributed by atoms with E-state index in [1.165, 1.54) is 11.1 Å². The highest BCUT2D eigenvalue weighted by molar-refractivity contribution is 5.06. The summed E-state index contributed by atoms with van der Waals surface area (Å²) in [6, 6.07) is 0. The second kappa shape index (κ2) is 5.48. The van der Waals surface area contributed by atoms with Crippen LogP contribution in [0.4, 0.5) is 0 Å². The molecule has 0 aliphatic carbocycles. The maximum Gasteiger partial charge on any atom is 0.0806 e. The van der Waals surface area contributed by atoms with Gasteiger partial charge >= 0.3 is 0 Å². The third-order valence-corrected chi connectivity index (χ3v) is 1.62. The van der Waals surface area contributed by atoms with Crippen LogP contribution in [0.3, 0.4) is 0 Å². The fourth-order valence-corrected chi connectivity index (χ4v) is 0.580. The van der Waals surface area contributed by atoms with Crippen LogP contribution in [0.2, 0.25) is 0 Å². The molecule has 10 heavy (non-hydrogen) atoms. The van der Waals surface area contributed by atoms with Gasteiger partial charge in [0, 0.05) is 0 Å². The summed E-state index contributed by atoms with van der Waals surface area (Å²) in [5, 5.41) is 0. The van der Waals surface area contributed by atoms with Crippen LogP contribution in [-0.2, 0) is 4.74 Å². The van der Waals surface area contributed by atoms with Gasteiger partial charge < -0.3 is 4.74 Å². The summed E-state index contributed by atoms with van der Waals surface area (Å²) >= 11 is 0. The number of hydrogen-bond acceptors (Lipinski definition) is 1. The highest BCUT2D eigenvalue weighted by atomic mass is 16.5. The molecule has 1 nitrogen and oxygen atoms in total. The predicted octanol–water partition coefficient (Wildman–Crippen LogP) is 2.93. The third-order valence-electron chi connectivity index (χ3n) is 1.62. The van der Waals surface area contributed by atoms with Crippen molar-refractivity contribution in [2.24, 2.45) is 0 Å². The summed E-state index contributed by atoms with van der Waals surface area (Å²) in [6.45, 7) is 10.9. The fourth-order valence-electron chi connectivity index (χ4n) is 0.580. The Kier molecular flexibility index (Phi) is 5.32. The minimum atomic E-state index is 0.813. The Hall–Kier alpha value is -0.300. The van der Waals surface area contributed by atoms with Gasteiger partial charge in [0.2, 0.25) is 0 Å². The minimum absolute atomic E-state index is 0.813. The van der Waals surface area contributed by atoms with E-state index >= 15 is 0 Å². The molecule has 1 radical (unpaired) electrons. The number of rotatable bonds is 4. The molecule has 0 saturated carbocycles. The Morgan fingerprint density at radius 3 is 2.30 bits per heavy atom. The first-order valence-electron chi connectivity index (χ1n) is 3.71. The van der Waals surface area contributed by atoms with E-state index in [4.69, 9.17) is 4.74 Å². The molecule has 0 aromatic carbocycles. The molecule has 0 unspecified atom stereocenters. The Balaban J connectivity index is 3.40. The Morgan fingerprint density at radius 2 is 1.90 bits per heavy atom. The van der Waals surface area contributed by atoms with E-state index in [9.17, 15) is 0 Å². The fraction of sp³-hybridized carbons (Fsp3) is 0.667. The van der Waals surface area contributed by atoms with Gasteiger partial charge in [0.25, 0.3) is 0 Å². The van der Waals surface area contributed by atoms with E-state index in [0.717, 1.165) is 13.0 Å². The van der Waals surface area contributed by atoms with Crippen molar-refractivity contribution in [3.63, 3.8) is 0 Å². The number of allylic oxidation sites excluding steroid dienone is 1. The molecule has 0 aromatic heterocycles. The lowest BCUT2D eigenvalue weighted by Crippen LogP contribution is -1.91. The molecule has 0 fully saturated rings. The molecule has 1 heteroatoms. The average molecular weight is 141 g/mol. The molecule has 0 heterocycles. The number of ether oxygens (including phenoxy) is 1. The molecular formula is C9H17O. The summed E-state index contributed by atoms with van der Waals surface area (Å²) in [5.41, 5.74) is 2.83. The van der Waals surface area contributed by atoms with E-state index in [-0.39, 0.29) is 0 Å². The largest absolute Gasteiger partial charge is 0.375 e. The topological polar surface area (TPSA) is 9.23 Å². The molecule has 0 aliphatic rings. The standard InChI is InChI=1S/C9H17O/c1-5-10-7-6-9(4)8(2)3/h5H,6-7H2,1-4H3. The van der Waals surface area contributed by atoms with E-state index in [1.54, 1.807) is 6.61 Å². The lowest BCUT2D eigenvalue weighted by molar-refractivity contribution is 0.207. The van der Waals surface area contributed by atoms with E-state index in [0.29, 0.717) is 0 Å². The Bertz CT molecular complexity index is 110. The zero-order valence-corrected chi connectivity index (χ0v) is 7.40. The summed E-state index contributed by atoms with van der Waals surface area (Å²) < 4.78 is 5.10. The van der Waals surface area contributed by atoms with Crippen molar-refractivity contribution in [2.75, 3.05) is 6.61 Å². The van der Waals surface area contributed by atoms with Crippen LogP contribution in [0.15, 0.2) is 11.1 Å². The van der Waals surface area contributed by atoms with Gasteiger partial charge in [-0.3, -0.25) is 0 Å². The van der Waals surface area contributed by atoms with Crippen molar-refractivity contribution in [1.82, 2.24) is 0 Å². The van der Waals surface area contributed by atoms with Crippen LogP contribution in [0.5, 0.6) is 0 Å². The predicted molar refractivity (Wildman–Crippen MR) is 44.6 cm³/mol. The summed E-state index contributed by atoms with van der Waals surface area (Å²) in [6.07, 6.45) is 1.05. The Labute approximate surface area is 64.1 Å². The summed E-state index contributed by atoms with van der Waals surface area (Å²) in [5.74, 6) is 0. The van der Waals surface area contributed by atoms with Crippen LogP contribution in [-0.4, -0.2) is 6.61 Å². The van der Waals surface area contributed by atoms with Gasteiger partial charge in [0.05, 0.1) is 13.2 Å². The zero-order chi connectivity index (χ0) is 7.98. The maximum atomic E-state index is 5.10. The van der Waals surface area contributed by atoms with Crippen LogP contribution in [0.1, 0.15) is 34.1 Å². The summed E-state index contributed by atoms with van der Waals surface area (Å²) in [7, 11) is 0. The normalized spacial score (nSPS) is 9.60. The molecular weight excluding hydrogens is 124 g/mol. The molecule has 0 N–H and O–H groups in total. The van der Waals surface area contributed by atoms with Gasteiger partial charge in [0.1, 0.15) is 0 Å². The molecule has 0 atom stereocenters. The second-order valence-corrected chi connectivity index (χ2v) is 2.64. The van der Waals surface area contributed by atoms with Crippen molar-refractivity contribution in [3.8, 4) is 0 Å². The third kappa shape index (κ3) is 4.57. The first-order valence-corrected chi connectivity index (χ1v) is 3.71. The summed E-state index contributed by atoms with van der Waals surface area (Å²) in [4.78, 5) is 0. The van der Waals surface area contributed by atoms with Gasteiger partial charge in [0.15, 0.2) is 0 Å². The quantitative estimate of drug-likeness (QED) is 0.432. The molecule has 0 aromatic rings. The molecule has 0 rings (SSSR count). The van der Waals surface area contributed by atoms with E-state index in [2.05, 4.69) is 20.8 Å². The first-order chi connectivity index (χ1) is 4.68. The Morgan fingerprint density at radius 1 is 1.30 bits per heavy atom. The van der Waals surface area contributed by atoms with Gasteiger partial charge in [-0.15, -0.1) is 0 Å². The smallest absolute Gasteiger partial charge is 0.0806 e. The lowest BCUT2D eigenvalue weighted by Gasteiger charge is -2.02. The monoisotopic (exact) mass is 141 g/mol. The van der Waals surface area contributed by atoms with Crippen LogP contribution in [0, 0.1) is 6.61 Å². The average Bonchev–Trinajstić information content (AvgIpc) is 1.88. The van der Waals surface area contributed by atoms with E-state index in [1.807, 2.05) is 6.92 Å². The highest BCUT2D eigenvalue weighted by Crippen LogP contribution is 2.06. The van der Waals surface area contributed by atoms with Crippen molar-refractivity contribution >= 4 is 0 Å². The highest BCUT2D eigenvalue weighted by Gasteiger charge is 1.91. The van der Waals surface area contributed by atoms with Crippen LogP contribution >= 0.6 is 0 Å². The van der Waals surface area contributed by atoms with E-state index < -0.39 is 0 Å². The lowest BCUT2D eigenvalue weighted by atomic mass is 10.1. The molecule has 0 spiro atoms. The van der Waals surface area contributed by atoms with Crippen molar-refractivity contribution in [1.29, 1.82) is 0 Å². The van der Waals surface area contributed by atoms with Crippen LogP contribution < -0.4 is 0 Å². The molecule has 0 amide bonds. The van der Waals surface area contributed by atoms with Crippen molar-refractivity contribution < 1.29 is 4.74 Å². The van der Waals surface area contributed by atoms with Gasteiger partial charge in [-0.25, -0.2) is 0 Å². The van der Waals surface area contributed by atoms with Gasteiger partial charge in [-0.05, 0) is 34.1 Å². The second-order valence-electron chi connectivity index (χ2n) is 2.64. The molecule has 0 saturated heterocycles. The number of hydrogen-bond donors (Lipinski definition) is 0. The first kappa shape index (κ1) is 9.70. The zero-order valence-electron chi connectivity index (χ0n) is 7.40. The van der Waals surface area contributed by atoms with Gasteiger partial charge in [-0.1, -0.05) is 11.1 Å². The van der Waals surface area contributed by atoms with Crippen molar-refractivity contribution in [2.45, 2.75) is 34.1 Å². The van der Waals surface area contributed by atoms with Crippen molar-refractivity contribution in [3.05, 3.63) is 17.8 Å². The van der Waals surface area contributed by atoms with Gasteiger partial charge in [-0.2, -0.15) is 0 Å². The minimum Gasteiger partial charge on any atom is -0.375 e. The molecule has 59 valence electrons. The maximum absolute atomic E-state index is 5.10. The molecule has 0 bridgehead atoms.